The van der Waals surface area contributed by atoms with E-state index in [2.05, 4.69) is 31.5 Å². The summed E-state index contributed by atoms with van der Waals surface area (Å²) in [5.41, 5.74) is 5.41. The minimum absolute atomic E-state index is 0.0549. The van der Waals surface area contributed by atoms with E-state index < -0.39 is 41.8 Å². The minimum Gasteiger partial charge on any atom is -0.454 e. The average Bonchev–Trinajstić information content (AvgIpc) is 2.79. The second-order valence-corrected chi connectivity index (χ2v) is 7.98. The van der Waals surface area contributed by atoms with Gasteiger partial charge in [-0.2, -0.15) is 0 Å². The van der Waals surface area contributed by atoms with Crippen LogP contribution in [0.1, 0.15) is 47.1 Å². The topological polar surface area (TPSA) is 157 Å². The summed E-state index contributed by atoms with van der Waals surface area (Å²) in [6, 6.07) is 11.7. The molecule has 0 atom stereocenters. The van der Waals surface area contributed by atoms with Gasteiger partial charge in [0.2, 0.25) is 0 Å². The first-order valence-corrected chi connectivity index (χ1v) is 9.85. The summed E-state index contributed by atoms with van der Waals surface area (Å²) >= 11 is 0. The Morgan fingerprint density at radius 1 is 0.879 bits per heavy atom. The van der Waals surface area contributed by atoms with Crippen molar-refractivity contribution in [3.05, 3.63) is 75.3 Å². The van der Waals surface area contributed by atoms with Gasteiger partial charge in [0, 0.05) is 23.3 Å². The monoisotopic (exact) mass is 456 g/mol. The molecule has 0 aliphatic carbocycles. The summed E-state index contributed by atoms with van der Waals surface area (Å²) in [5, 5.41) is 13.0. The van der Waals surface area contributed by atoms with Crippen LogP contribution in [0.3, 0.4) is 0 Å². The zero-order chi connectivity index (χ0) is 24.6. The number of non-ortho nitro benzene ring substituents is 1. The Balaban J connectivity index is 1.71. The van der Waals surface area contributed by atoms with Gasteiger partial charge in [0.1, 0.15) is 6.54 Å². The molecule has 0 radical (unpaired) electrons. The van der Waals surface area contributed by atoms with Crippen LogP contribution >= 0.6 is 0 Å². The molecular formula is C22H24N4O7. The van der Waals surface area contributed by atoms with Gasteiger partial charge in [0.05, 0.1) is 4.92 Å². The van der Waals surface area contributed by atoms with Gasteiger partial charge < -0.3 is 10.1 Å². The maximum Gasteiger partial charge on any atom is 0.325 e. The number of amides is 3. The molecule has 0 bridgehead atoms. The number of ether oxygens (including phenoxy) is 1. The first-order chi connectivity index (χ1) is 15.5. The van der Waals surface area contributed by atoms with Crippen molar-refractivity contribution >= 4 is 29.4 Å². The molecule has 2 rings (SSSR count). The molecule has 0 aliphatic heterocycles. The van der Waals surface area contributed by atoms with Crippen LogP contribution in [-0.2, 0) is 19.7 Å². The Morgan fingerprint density at radius 3 is 1.97 bits per heavy atom. The fourth-order valence-corrected chi connectivity index (χ4v) is 2.54. The molecule has 0 unspecified atom stereocenters. The first kappa shape index (κ1) is 25.0. The van der Waals surface area contributed by atoms with E-state index in [0.717, 1.165) is 17.7 Å². The van der Waals surface area contributed by atoms with Crippen LogP contribution in [0.4, 0.5) is 5.69 Å². The molecule has 33 heavy (non-hydrogen) atoms. The first-order valence-electron chi connectivity index (χ1n) is 9.85. The number of benzene rings is 2. The number of hydrogen-bond donors (Lipinski definition) is 3. The largest absolute Gasteiger partial charge is 0.454 e. The average molecular weight is 456 g/mol. The number of hydrogen-bond acceptors (Lipinski definition) is 7. The molecule has 2 aromatic rings. The van der Waals surface area contributed by atoms with Crippen molar-refractivity contribution in [3.8, 4) is 0 Å². The molecule has 0 aliphatic rings. The molecule has 3 N–H and O–H groups in total. The van der Waals surface area contributed by atoms with Crippen LogP contribution in [0.2, 0.25) is 0 Å². The summed E-state index contributed by atoms with van der Waals surface area (Å²) in [4.78, 5) is 57.5. The van der Waals surface area contributed by atoms with E-state index in [0.29, 0.717) is 5.56 Å². The lowest BCUT2D eigenvalue weighted by atomic mass is 9.87. The van der Waals surface area contributed by atoms with Crippen molar-refractivity contribution in [1.82, 2.24) is 16.2 Å². The van der Waals surface area contributed by atoms with Crippen molar-refractivity contribution in [1.29, 1.82) is 0 Å². The number of nitro groups is 1. The maximum absolute atomic E-state index is 12.1. The van der Waals surface area contributed by atoms with Gasteiger partial charge in [-0.05, 0) is 35.2 Å². The van der Waals surface area contributed by atoms with E-state index >= 15 is 0 Å². The minimum atomic E-state index is -0.841. The quantitative estimate of drug-likeness (QED) is 0.325. The maximum atomic E-state index is 12.1. The van der Waals surface area contributed by atoms with E-state index in [9.17, 15) is 29.3 Å². The van der Waals surface area contributed by atoms with Crippen LogP contribution in [-0.4, -0.2) is 41.8 Å². The summed E-state index contributed by atoms with van der Waals surface area (Å²) in [5.74, 6) is -2.84. The Bertz CT molecular complexity index is 1040. The van der Waals surface area contributed by atoms with Gasteiger partial charge in [-0.25, -0.2) is 0 Å². The molecule has 0 heterocycles. The Morgan fingerprint density at radius 2 is 1.42 bits per heavy atom. The van der Waals surface area contributed by atoms with Gasteiger partial charge in [0.15, 0.2) is 6.61 Å². The molecule has 11 nitrogen and oxygen atoms in total. The van der Waals surface area contributed by atoms with Crippen molar-refractivity contribution in [2.75, 3.05) is 13.2 Å². The third-order valence-corrected chi connectivity index (χ3v) is 4.43. The van der Waals surface area contributed by atoms with Gasteiger partial charge >= 0.3 is 5.97 Å². The van der Waals surface area contributed by atoms with Crippen molar-refractivity contribution in [2.45, 2.75) is 26.2 Å². The summed E-state index contributed by atoms with van der Waals surface area (Å²) < 4.78 is 4.74. The number of rotatable bonds is 7. The van der Waals surface area contributed by atoms with Crippen molar-refractivity contribution in [3.63, 3.8) is 0 Å². The lowest BCUT2D eigenvalue weighted by Crippen LogP contribution is -2.44. The second-order valence-electron chi connectivity index (χ2n) is 7.98. The lowest BCUT2D eigenvalue weighted by molar-refractivity contribution is -0.384. The van der Waals surface area contributed by atoms with E-state index in [1.54, 1.807) is 12.1 Å². The van der Waals surface area contributed by atoms with Gasteiger partial charge in [0.25, 0.3) is 23.4 Å². The standard InChI is InChI=1S/C22H24N4O7/c1-22(2,3)16-8-4-14(5-9-16)20(29)23-12-19(28)33-13-18(27)24-25-21(30)15-6-10-17(11-7-15)26(31)32/h4-11H,12-13H2,1-3H3,(H,23,29)(H,24,27)(H,25,30). The molecule has 0 fully saturated rings. The fraction of sp³-hybridized carbons (Fsp3) is 0.273. The molecule has 0 saturated carbocycles. The van der Waals surface area contributed by atoms with Crippen molar-refractivity contribution < 1.29 is 28.8 Å². The molecule has 174 valence electrons. The zero-order valence-corrected chi connectivity index (χ0v) is 18.3. The van der Waals surface area contributed by atoms with Gasteiger partial charge in [-0.1, -0.05) is 32.9 Å². The smallest absolute Gasteiger partial charge is 0.325 e. The molecule has 0 spiro atoms. The Kier molecular flexibility index (Phi) is 8.21. The molecule has 3 amide bonds. The fourth-order valence-electron chi connectivity index (χ4n) is 2.54. The molecular weight excluding hydrogens is 432 g/mol. The predicted molar refractivity (Wildman–Crippen MR) is 117 cm³/mol. The highest BCUT2D eigenvalue weighted by Gasteiger charge is 2.15. The molecule has 11 heteroatoms. The summed E-state index contributed by atoms with van der Waals surface area (Å²) in [6.07, 6.45) is 0. The zero-order valence-electron chi connectivity index (χ0n) is 18.3. The van der Waals surface area contributed by atoms with Gasteiger partial charge in [-0.15, -0.1) is 0 Å². The SMILES string of the molecule is CC(C)(C)c1ccc(C(=O)NCC(=O)OCC(=O)NNC(=O)c2ccc([N+](=O)[O-])cc2)cc1. The van der Waals surface area contributed by atoms with E-state index in [1.165, 1.54) is 12.1 Å². The number of nitrogens with zero attached hydrogens (tertiary/aromatic N) is 1. The number of nitrogens with one attached hydrogen (secondary N) is 3. The lowest BCUT2D eigenvalue weighted by Gasteiger charge is -2.19. The normalized spacial score (nSPS) is 10.6. The van der Waals surface area contributed by atoms with E-state index in [4.69, 9.17) is 4.74 Å². The van der Waals surface area contributed by atoms with E-state index in [1.807, 2.05) is 17.6 Å². The second kappa shape index (κ2) is 10.8. The number of esters is 1. The van der Waals surface area contributed by atoms with E-state index in [-0.39, 0.29) is 16.7 Å². The highest BCUT2D eigenvalue weighted by Crippen LogP contribution is 2.22. The third-order valence-electron chi connectivity index (χ3n) is 4.43. The van der Waals surface area contributed by atoms with Crippen LogP contribution in [0.15, 0.2) is 48.5 Å². The third kappa shape index (κ3) is 7.73. The number of carbonyl (C=O) groups is 4. The molecule has 0 saturated heterocycles. The van der Waals surface area contributed by atoms with Crippen LogP contribution in [0.5, 0.6) is 0 Å². The molecule has 2 aromatic carbocycles. The van der Waals surface area contributed by atoms with Crippen LogP contribution < -0.4 is 16.2 Å². The van der Waals surface area contributed by atoms with Crippen LogP contribution in [0, 0.1) is 10.1 Å². The van der Waals surface area contributed by atoms with Gasteiger partial charge in [-0.3, -0.25) is 40.1 Å². The van der Waals surface area contributed by atoms with Crippen molar-refractivity contribution in [2.24, 2.45) is 0 Å². The van der Waals surface area contributed by atoms with Crippen LogP contribution in [0.25, 0.3) is 0 Å². The number of hydrazine groups is 1. The summed E-state index contributed by atoms with van der Waals surface area (Å²) in [7, 11) is 0. The highest BCUT2D eigenvalue weighted by molar-refractivity contribution is 5.97. The Hall–Kier alpha value is -4.28. The number of carbonyl (C=O) groups excluding carboxylic acids is 4. The number of nitro benzene ring substituents is 1. The highest BCUT2D eigenvalue weighted by atomic mass is 16.6. The Labute approximate surface area is 189 Å². The summed E-state index contributed by atoms with van der Waals surface area (Å²) in [6.45, 7) is 5.03. The predicted octanol–water partition coefficient (Wildman–Crippen LogP) is 1.63. The molecule has 0 aromatic heterocycles.